The second-order valence-corrected chi connectivity index (χ2v) is 6.87. The summed E-state index contributed by atoms with van der Waals surface area (Å²) >= 11 is 6.13. The van der Waals surface area contributed by atoms with E-state index in [4.69, 9.17) is 11.6 Å². The fourth-order valence-corrected chi connectivity index (χ4v) is 2.83. The van der Waals surface area contributed by atoms with Crippen LogP contribution in [-0.2, 0) is 22.8 Å². The van der Waals surface area contributed by atoms with Crippen molar-refractivity contribution in [2.24, 2.45) is 0 Å². The lowest BCUT2D eigenvalue weighted by molar-refractivity contribution is 0.602. The van der Waals surface area contributed by atoms with Crippen LogP contribution in [0.15, 0.2) is 35.5 Å². The summed E-state index contributed by atoms with van der Waals surface area (Å²) in [5.74, 6) is 0.948. The molecule has 0 saturated heterocycles. The highest BCUT2D eigenvalue weighted by Crippen LogP contribution is 2.21. The Balaban J connectivity index is 2.16. The van der Waals surface area contributed by atoms with Crippen LogP contribution in [0.1, 0.15) is 11.4 Å². The van der Waals surface area contributed by atoms with E-state index in [2.05, 4.69) is 4.98 Å². The molecule has 0 spiro atoms. The molecular formula is C13H15ClN2O2S. The molecule has 2 aromatic rings. The smallest absolute Gasteiger partial charge is 0.175 e. The molecule has 19 heavy (non-hydrogen) atoms. The topological polar surface area (TPSA) is 52.0 Å². The van der Waals surface area contributed by atoms with Crippen molar-refractivity contribution in [1.82, 2.24) is 9.55 Å². The third-order valence-electron chi connectivity index (χ3n) is 3.00. The molecule has 0 aliphatic rings. The molecule has 102 valence electrons. The van der Waals surface area contributed by atoms with Crippen LogP contribution in [-0.4, -0.2) is 24.2 Å². The fourth-order valence-electron chi connectivity index (χ4n) is 1.84. The number of aromatic nitrogens is 2. The van der Waals surface area contributed by atoms with Crippen LogP contribution in [0.2, 0.25) is 5.02 Å². The van der Waals surface area contributed by atoms with Crippen LogP contribution < -0.4 is 0 Å². The Kier molecular flexibility index (Phi) is 3.96. The minimum atomic E-state index is -3.21. The second-order valence-electron chi connectivity index (χ2n) is 4.44. The highest BCUT2D eigenvalue weighted by Gasteiger charge is 2.10. The third kappa shape index (κ3) is 3.36. The summed E-state index contributed by atoms with van der Waals surface area (Å²) in [6.07, 6.45) is 5.57. The normalized spacial score (nSPS) is 11.7. The van der Waals surface area contributed by atoms with Gasteiger partial charge in [-0.15, -0.1) is 0 Å². The molecule has 0 saturated carbocycles. The summed E-state index contributed by atoms with van der Waals surface area (Å²) in [6.45, 7) is 2.71. The number of hydrogen-bond donors (Lipinski definition) is 0. The Morgan fingerprint density at radius 2 is 2.11 bits per heavy atom. The Bertz CT molecular complexity index is 692. The van der Waals surface area contributed by atoms with Crippen LogP contribution in [0.25, 0.3) is 0 Å². The lowest BCUT2D eigenvalue weighted by Crippen LogP contribution is -2.03. The SMILES string of the molecule is Cc1nccn1CCc1ccc(S(C)(=O)=O)cc1Cl. The van der Waals surface area contributed by atoms with Crippen molar-refractivity contribution in [2.75, 3.05) is 6.26 Å². The zero-order chi connectivity index (χ0) is 14.0. The van der Waals surface area contributed by atoms with E-state index in [0.717, 1.165) is 24.4 Å². The van der Waals surface area contributed by atoms with E-state index in [9.17, 15) is 8.42 Å². The minimum absolute atomic E-state index is 0.250. The van der Waals surface area contributed by atoms with Gasteiger partial charge in [0.1, 0.15) is 5.82 Å². The number of imidazole rings is 1. The van der Waals surface area contributed by atoms with Crippen LogP contribution in [0.5, 0.6) is 0 Å². The molecule has 0 atom stereocenters. The number of sulfone groups is 1. The van der Waals surface area contributed by atoms with Gasteiger partial charge < -0.3 is 4.57 Å². The van der Waals surface area contributed by atoms with E-state index in [1.165, 1.54) is 12.3 Å². The van der Waals surface area contributed by atoms with Crippen LogP contribution in [0.3, 0.4) is 0 Å². The van der Waals surface area contributed by atoms with E-state index < -0.39 is 9.84 Å². The van der Waals surface area contributed by atoms with Crippen molar-refractivity contribution in [3.8, 4) is 0 Å². The van der Waals surface area contributed by atoms with Gasteiger partial charge in [0.15, 0.2) is 9.84 Å². The number of hydrogen-bond acceptors (Lipinski definition) is 3. The molecule has 0 bridgehead atoms. The summed E-state index contributed by atoms with van der Waals surface area (Å²) in [7, 11) is -3.21. The molecule has 0 N–H and O–H groups in total. The predicted molar refractivity (Wildman–Crippen MR) is 75.2 cm³/mol. The summed E-state index contributed by atoms with van der Waals surface area (Å²) in [5, 5.41) is 0.487. The predicted octanol–water partition coefficient (Wildman–Crippen LogP) is 2.49. The van der Waals surface area contributed by atoms with Gasteiger partial charge in [-0.25, -0.2) is 13.4 Å². The lowest BCUT2D eigenvalue weighted by Gasteiger charge is -2.08. The molecule has 0 fully saturated rings. The van der Waals surface area contributed by atoms with Gasteiger partial charge in [0, 0.05) is 30.2 Å². The van der Waals surface area contributed by atoms with Gasteiger partial charge in [-0.3, -0.25) is 0 Å². The Morgan fingerprint density at radius 1 is 1.37 bits per heavy atom. The van der Waals surface area contributed by atoms with Crippen LogP contribution >= 0.6 is 11.6 Å². The second kappa shape index (κ2) is 5.35. The number of halogens is 1. The molecular weight excluding hydrogens is 284 g/mol. The Labute approximate surface area is 118 Å². The monoisotopic (exact) mass is 298 g/mol. The zero-order valence-electron chi connectivity index (χ0n) is 10.8. The third-order valence-corrected chi connectivity index (χ3v) is 4.46. The quantitative estimate of drug-likeness (QED) is 0.871. The Morgan fingerprint density at radius 3 is 2.63 bits per heavy atom. The van der Waals surface area contributed by atoms with Crippen molar-refractivity contribution in [3.63, 3.8) is 0 Å². The fraction of sp³-hybridized carbons (Fsp3) is 0.308. The summed E-state index contributed by atoms with van der Waals surface area (Å²) in [6, 6.07) is 4.87. The van der Waals surface area contributed by atoms with E-state index in [0.29, 0.717) is 5.02 Å². The first-order valence-corrected chi connectivity index (χ1v) is 8.11. The first kappa shape index (κ1) is 14.1. The number of nitrogens with zero attached hydrogens (tertiary/aromatic N) is 2. The van der Waals surface area contributed by atoms with Crippen molar-refractivity contribution in [3.05, 3.63) is 47.0 Å². The molecule has 4 nitrogen and oxygen atoms in total. The summed E-state index contributed by atoms with van der Waals surface area (Å²) in [5.41, 5.74) is 0.933. The largest absolute Gasteiger partial charge is 0.335 e. The van der Waals surface area contributed by atoms with E-state index in [1.54, 1.807) is 18.3 Å². The van der Waals surface area contributed by atoms with Crippen molar-refractivity contribution >= 4 is 21.4 Å². The molecule has 2 rings (SSSR count). The first-order chi connectivity index (χ1) is 8.88. The maximum atomic E-state index is 11.4. The van der Waals surface area contributed by atoms with Gasteiger partial charge in [0.25, 0.3) is 0 Å². The maximum absolute atomic E-state index is 11.4. The molecule has 6 heteroatoms. The van der Waals surface area contributed by atoms with E-state index >= 15 is 0 Å². The number of aryl methyl sites for hydroxylation is 3. The first-order valence-electron chi connectivity index (χ1n) is 5.84. The highest BCUT2D eigenvalue weighted by molar-refractivity contribution is 7.90. The molecule has 0 aliphatic carbocycles. The molecule has 1 aromatic carbocycles. The van der Waals surface area contributed by atoms with Crippen molar-refractivity contribution < 1.29 is 8.42 Å². The van der Waals surface area contributed by atoms with Gasteiger partial charge in [0.05, 0.1) is 4.90 Å². The van der Waals surface area contributed by atoms with Crippen LogP contribution in [0, 0.1) is 6.92 Å². The zero-order valence-corrected chi connectivity index (χ0v) is 12.4. The average Bonchev–Trinajstić information content (AvgIpc) is 2.72. The highest BCUT2D eigenvalue weighted by atomic mass is 35.5. The summed E-state index contributed by atoms with van der Waals surface area (Å²) in [4.78, 5) is 4.40. The van der Waals surface area contributed by atoms with Gasteiger partial charge in [-0.05, 0) is 31.0 Å². The molecule has 0 radical (unpaired) electrons. The number of benzene rings is 1. The van der Waals surface area contributed by atoms with Gasteiger partial charge in [-0.1, -0.05) is 17.7 Å². The van der Waals surface area contributed by atoms with E-state index in [-0.39, 0.29) is 4.90 Å². The van der Waals surface area contributed by atoms with E-state index in [1.807, 2.05) is 17.7 Å². The summed E-state index contributed by atoms with van der Waals surface area (Å²) < 4.78 is 24.9. The average molecular weight is 299 g/mol. The lowest BCUT2D eigenvalue weighted by atomic mass is 10.1. The van der Waals surface area contributed by atoms with Gasteiger partial charge >= 0.3 is 0 Å². The molecule has 0 amide bonds. The molecule has 1 aromatic heterocycles. The van der Waals surface area contributed by atoms with Crippen LogP contribution in [0.4, 0.5) is 0 Å². The van der Waals surface area contributed by atoms with Crippen molar-refractivity contribution in [2.45, 2.75) is 24.8 Å². The van der Waals surface area contributed by atoms with Gasteiger partial charge in [0.2, 0.25) is 0 Å². The Hall–Kier alpha value is -1.33. The molecule has 0 aliphatic heterocycles. The van der Waals surface area contributed by atoms with Gasteiger partial charge in [-0.2, -0.15) is 0 Å². The standard InChI is InChI=1S/C13H15ClN2O2S/c1-10-15-6-8-16(10)7-5-11-3-4-12(9-13(11)14)19(2,17)18/h3-4,6,8-9H,5,7H2,1-2H3. The number of rotatable bonds is 4. The maximum Gasteiger partial charge on any atom is 0.175 e. The molecule has 1 heterocycles. The van der Waals surface area contributed by atoms with Crippen molar-refractivity contribution in [1.29, 1.82) is 0 Å². The molecule has 0 unspecified atom stereocenters. The minimum Gasteiger partial charge on any atom is -0.335 e.